The highest BCUT2D eigenvalue weighted by Crippen LogP contribution is 2.41. The highest BCUT2D eigenvalue weighted by Gasteiger charge is 2.47. The van der Waals surface area contributed by atoms with Crippen molar-refractivity contribution in [2.24, 2.45) is 0 Å². The van der Waals surface area contributed by atoms with E-state index in [0.717, 1.165) is 25.7 Å². The second-order valence-corrected chi connectivity index (χ2v) is 12.4. The summed E-state index contributed by atoms with van der Waals surface area (Å²) in [4.78, 5) is 34.3. The number of sulfone groups is 1. The van der Waals surface area contributed by atoms with Crippen LogP contribution < -0.4 is 5.56 Å². The smallest absolute Gasteiger partial charge is 0.271 e. The number of aryl methyl sites for hydroxylation is 1. The van der Waals surface area contributed by atoms with E-state index in [2.05, 4.69) is 6.92 Å². The summed E-state index contributed by atoms with van der Waals surface area (Å²) < 4.78 is 30.1. The molecule has 2 atom stereocenters. The van der Waals surface area contributed by atoms with Crippen LogP contribution in [0.25, 0.3) is 16.7 Å². The lowest BCUT2D eigenvalue weighted by atomic mass is 10.0. The summed E-state index contributed by atoms with van der Waals surface area (Å²) >= 11 is 0. The molecule has 3 aromatic heterocycles. The summed E-state index contributed by atoms with van der Waals surface area (Å²) in [5.74, 6) is -0.134. The third kappa shape index (κ3) is 3.87. The van der Waals surface area contributed by atoms with Crippen LogP contribution in [0.15, 0.2) is 70.5 Å². The summed E-state index contributed by atoms with van der Waals surface area (Å²) in [7, 11) is -3.47. The summed E-state index contributed by atoms with van der Waals surface area (Å²) in [6.07, 6.45) is 5.92. The number of amides is 1. The number of hydrogen-bond acceptors (Lipinski definition) is 5. The molecule has 5 heterocycles. The minimum absolute atomic E-state index is 0.134. The maximum atomic E-state index is 14.1. The van der Waals surface area contributed by atoms with Gasteiger partial charge in [-0.25, -0.2) is 13.4 Å². The van der Waals surface area contributed by atoms with Crippen molar-refractivity contribution in [1.82, 2.24) is 18.9 Å². The number of pyridine rings is 1. The lowest BCUT2D eigenvalue weighted by molar-refractivity contribution is 0.0587. The quantitative estimate of drug-likeness (QED) is 0.384. The number of rotatable bonds is 6. The Kier molecular flexibility index (Phi) is 5.90. The number of unbranched alkanes of at least 4 members (excludes halogenated alkanes) is 1. The van der Waals surface area contributed by atoms with E-state index < -0.39 is 15.1 Å². The van der Waals surface area contributed by atoms with E-state index >= 15 is 0 Å². The van der Waals surface area contributed by atoms with Crippen molar-refractivity contribution in [1.29, 1.82) is 0 Å². The summed E-state index contributed by atoms with van der Waals surface area (Å²) in [6, 6.07) is 15.4. The van der Waals surface area contributed by atoms with Gasteiger partial charge in [0, 0.05) is 24.8 Å². The first-order valence-electron chi connectivity index (χ1n) is 13.0. The lowest BCUT2D eigenvalue weighted by Crippen LogP contribution is -2.50. The molecule has 0 aliphatic carbocycles. The molecule has 192 valence electrons. The Morgan fingerprint density at radius 1 is 1.03 bits per heavy atom. The van der Waals surface area contributed by atoms with Gasteiger partial charge in [-0.2, -0.15) is 0 Å². The molecule has 2 saturated heterocycles. The topological polar surface area (TPSA) is 93.8 Å². The van der Waals surface area contributed by atoms with Gasteiger partial charge < -0.3 is 9.47 Å². The molecule has 0 saturated carbocycles. The molecular formula is C28H30N4O4S. The van der Waals surface area contributed by atoms with Gasteiger partial charge in [0.05, 0.1) is 15.5 Å². The van der Waals surface area contributed by atoms with Crippen LogP contribution in [-0.2, 0) is 16.4 Å². The molecule has 1 amide bonds. The first-order chi connectivity index (χ1) is 17.9. The van der Waals surface area contributed by atoms with Crippen molar-refractivity contribution < 1.29 is 13.2 Å². The number of nitrogens with zero attached hydrogens (tertiary/aromatic N) is 4. The van der Waals surface area contributed by atoms with Crippen LogP contribution in [0.1, 0.15) is 55.9 Å². The predicted octanol–water partition coefficient (Wildman–Crippen LogP) is 4.06. The minimum atomic E-state index is -3.47. The van der Waals surface area contributed by atoms with Crippen LogP contribution in [0.4, 0.5) is 0 Å². The van der Waals surface area contributed by atoms with Crippen LogP contribution in [0.2, 0.25) is 0 Å². The molecule has 2 fully saturated rings. The number of carbonyl (C=O) groups is 1. The van der Waals surface area contributed by atoms with Gasteiger partial charge in [0.2, 0.25) is 0 Å². The van der Waals surface area contributed by atoms with E-state index in [0.29, 0.717) is 46.7 Å². The normalized spacial score (nSPS) is 21.6. The van der Waals surface area contributed by atoms with Crippen LogP contribution in [0.5, 0.6) is 0 Å². The molecule has 0 spiro atoms. The number of aromatic nitrogens is 3. The van der Waals surface area contributed by atoms with Gasteiger partial charge in [-0.05, 0) is 62.4 Å². The first kappa shape index (κ1) is 23.9. The predicted molar refractivity (Wildman–Crippen MR) is 141 cm³/mol. The molecule has 37 heavy (non-hydrogen) atoms. The number of fused-ring (bicyclic) bond motifs is 4. The van der Waals surface area contributed by atoms with E-state index in [-0.39, 0.29) is 23.6 Å². The van der Waals surface area contributed by atoms with E-state index in [1.165, 1.54) is 4.40 Å². The van der Waals surface area contributed by atoms with Crippen molar-refractivity contribution in [2.45, 2.75) is 74.2 Å². The van der Waals surface area contributed by atoms with Crippen molar-refractivity contribution in [3.8, 4) is 0 Å². The van der Waals surface area contributed by atoms with Crippen LogP contribution in [0.3, 0.4) is 0 Å². The van der Waals surface area contributed by atoms with Gasteiger partial charge in [0.15, 0.2) is 9.84 Å². The second-order valence-electron chi connectivity index (χ2n) is 10.2. The van der Waals surface area contributed by atoms with Crippen molar-refractivity contribution in [3.05, 3.63) is 76.8 Å². The van der Waals surface area contributed by atoms with Crippen LogP contribution in [-0.4, -0.2) is 50.5 Å². The zero-order valence-electron chi connectivity index (χ0n) is 20.8. The first-order valence-corrected chi connectivity index (χ1v) is 14.6. The minimum Gasteiger partial charge on any atom is -0.331 e. The second kappa shape index (κ2) is 9.13. The molecule has 9 heteroatoms. The Balaban J connectivity index is 1.37. The zero-order chi connectivity index (χ0) is 25.7. The van der Waals surface area contributed by atoms with E-state index in [4.69, 9.17) is 4.98 Å². The molecule has 0 N–H and O–H groups in total. The molecule has 4 aromatic rings. The van der Waals surface area contributed by atoms with Gasteiger partial charge in [0.1, 0.15) is 17.0 Å². The molecule has 8 nitrogen and oxygen atoms in total. The van der Waals surface area contributed by atoms with Crippen LogP contribution >= 0.6 is 0 Å². The molecule has 2 aliphatic rings. The van der Waals surface area contributed by atoms with Gasteiger partial charge in [-0.1, -0.05) is 37.6 Å². The van der Waals surface area contributed by atoms with E-state index in [1.807, 2.05) is 21.6 Å². The highest BCUT2D eigenvalue weighted by atomic mass is 32.2. The summed E-state index contributed by atoms with van der Waals surface area (Å²) in [5, 5.41) is -0.0731. The van der Waals surface area contributed by atoms with Crippen molar-refractivity contribution in [2.75, 3.05) is 0 Å². The Hall–Kier alpha value is -3.46. The molecule has 0 radical (unpaired) electrons. The Labute approximate surface area is 215 Å². The van der Waals surface area contributed by atoms with Crippen molar-refractivity contribution in [3.63, 3.8) is 0 Å². The summed E-state index contributed by atoms with van der Waals surface area (Å²) in [6.45, 7) is 2.67. The number of hydrogen-bond donors (Lipinski definition) is 0. The van der Waals surface area contributed by atoms with Gasteiger partial charge >= 0.3 is 0 Å². The van der Waals surface area contributed by atoms with Gasteiger partial charge in [-0.3, -0.25) is 14.0 Å². The van der Waals surface area contributed by atoms with E-state index in [1.54, 1.807) is 48.7 Å². The fourth-order valence-electron chi connectivity index (χ4n) is 6.12. The average molecular weight is 519 g/mol. The molecule has 2 unspecified atom stereocenters. The molecular weight excluding hydrogens is 488 g/mol. The SMILES string of the molecule is CCCCn1c(C(=O)N2C3CCC2CC(S(=O)(=O)c2ccccc2)C3)cc2c(=O)n3ccccc3nc21. The Morgan fingerprint density at radius 2 is 1.73 bits per heavy atom. The number of carbonyl (C=O) groups excluding carboxylic acids is 1. The fraction of sp³-hybridized carbons (Fsp3) is 0.393. The average Bonchev–Trinajstić information content (AvgIpc) is 3.41. The lowest BCUT2D eigenvalue weighted by Gasteiger charge is -2.38. The molecule has 2 aliphatic heterocycles. The third-order valence-electron chi connectivity index (χ3n) is 7.97. The number of piperidine rings is 1. The number of benzene rings is 1. The Bertz CT molecular complexity index is 1640. The fourth-order valence-corrected chi connectivity index (χ4v) is 7.99. The third-order valence-corrected chi connectivity index (χ3v) is 10.2. The molecule has 1 aromatic carbocycles. The monoisotopic (exact) mass is 518 g/mol. The summed E-state index contributed by atoms with van der Waals surface area (Å²) in [5.41, 5.74) is 1.34. The molecule has 6 rings (SSSR count). The van der Waals surface area contributed by atoms with Crippen LogP contribution in [0, 0.1) is 0 Å². The maximum Gasteiger partial charge on any atom is 0.271 e. The van der Waals surface area contributed by atoms with E-state index in [9.17, 15) is 18.0 Å². The standard InChI is InChI=1S/C28H30N4O4S/c1-2-3-14-30-24(18-23-26(30)29-25-11-7-8-15-31(25)27(23)33)28(34)32-19-12-13-20(32)17-22(16-19)37(35,36)21-9-5-4-6-10-21/h4-11,15,18-20,22H,2-3,12-14,16-17H2,1H3. The Morgan fingerprint density at radius 3 is 2.43 bits per heavy atom. The van der Waals surface area contributed by atoms with Gasteiger partial charge in [-0.15, -0.1) is 0 Å². The zero-order valence-corrected chi connectivity index (χ0v) is 21.6. The maximum absolute atomic E-state index is 14.1. The van der Waals surface area contributed by atoms with Crippen molar-refractivity contribution >= 4 is 32.4 Å². The highest BCUT2D eigenvalue weighted by molar-refractivity contribution is 7.92. The van der Waals surface area contributed by atoms with Gasteiger partial charge in [0.25, 0.3) is 11.5 Å². The largest absolute Gasteiger partial charge is 0.331 e. The molecule has 2 bridgehead atoms.